The zero-order valence-corrected chi connectivity index (χ0v) is 7.97. The van der Waals surface area contributed by atoms with Crippen LogP contribution in [-0.4, -0.2) is 6.54 Å². The molecular weight excluding hydrogens is 146 g/mol. The molecule has 0 heterocycles. The van der Waals surface area contributed by atoms with Crippen LogP contribution >= 0.6 is 0 Å². The van der Waals surface area contributed by atoms with Gasteiger partial charge in [-0.3, -0.25) is 0 Å². The highest BCUT2D eigenvalue weighted by atomic mass is 14.6. The first-order valence-electron chi connectivity index (χ1n) is 5.19. The van der Waals surface area contributed by atoms with Gasteiger partial charge in [-0.05, 0) is 37.6 Å². The summed E-state index contributed by atoms with van der Waals surface area (Å²) >= 11 is 0. The van der Waals surface area contributed by atoms with Gasteiger partial charge in [-0.2, -0.15) is 0 Å². The van der Waals surface area contributed by atoms with E-state index in [1.165, 1.54) is 38.5 Å². The molecule has 12 heavy (non-hydrogen) atoms. The minimum Gasteiger partial charge on any atom is -0.330 e. The summed E-state index contributed by atoms with van der Waals surface area (Å²) in [6.45, 7) is 4.66. The van der Waals surface area contributed by atoms with Crippen molar-refractivity contribution in [3.05, 3.63) is 12.7 Å². The molecule has 2 N–H and O–H groups in total. The molecule has 0 amide bonds. The lowest BCUT2D eigenvalue weighted by atomic mass is 9.77. The van der Waals surface area contributed by atoms with E-state index in [1.807, 2.05) is 6.08 Å². The van der Waals surface area contributed by atoms with Crippen LogP contribution in [0.1, 0.15) is 38.5 Å². The van der Waals surface area contributed by atoms with E-state index in [-0.39, 0.29) is 0 Å². The topological polar surface area (TPSA) is 26.0 Å². The van der Waals surface area contributed by atoms with Crippen molar-refractivity contribution in [3.8, 4) is 0 Å². The van der Waals surface area contributed by atoms with E-state index in [9.17, 15) is 0 Å². The molecule has 0 aliphatic heterocycles. The number of rotatable bonds is 4. The molecule has 0 aromatic carbocycles. The summed E-state index contributed by atoms with van der Waals surface area (Å²) in [6, 6.07) is 0. The summed E-state index contributed by atoms with van der Waals surface area (Å²) < 4.78 is 0. The van der Waals surface area contributed by atoms with Crippen LogP contribution in [0.25, 0.3) is 0 Å². The van der Waals surface area contributed by atoms with E-state index in [1.54, 1.807) is 0 Å². The summed E-state index contributed by atoms with van der Waals surface area (Å²) in [5, 5.41) is 0. The highest BCUT2D eigenvalue weighted by Gasteiger charge is 2.22. The minimum absolute atomic E-state index is 0.804. The van der Waals surface area contributed by atoms with E-state index < -0.39 is 0 Å². The normalized spacial score (nSPS) is 30.1. The Labute approximate surface area is 76.0 Å². The van der Waals surface area contributed by atoms with E-state index in [4.69, 9.17) is 5.73 Å². The first-order chi connectivity index (χ1) is 5.88. The van der Waals surface area contributed by atoms with Gasteiger partial charge >= 0.3 is 0 Å². The first-order valence-corrected chi connectivity index (χ1v) is 5.19. The molecule has 0 bridgehead atoms. The van der Waals surface area contributed by atoms with Crippen LogP contribution in [0.4, 0.5) is 0 Å². The van der Waals surface area contributed by atoms with E-state index >= 15 is 0 Å². The third kappa shape index (κ3) is 2.63. The fraction of sp³-hybridized carbons (Fsp3) is 0.818. The second kappa shape index (κ2) is 5.36. The van der Waals surface area contributed by atoms with Crippen LogP contribution in [0.15, 0.2) is 12.7 Å². The molecule has 1 fully saturated rings. The van der Waals surface area contributed by atoms with Crippen LogP contribution in [-0.2, 0) is 0 Å². The largest absolute Gasteiger partial charge is 0.330 e. The maximum atomic E-state index is 5.74. The number of hydrogen-bond donors (Lipinski definition) is 1. The zero-order chi connectivity index (χ0) is 8.81. The SMILES string of the molecule is C=CCCC1CCCCC1CN. The lowest BCUT2D eigenvalue weighted by Gasteiger charge is -2.30. The Morgan fingerprint density at radius 3 is 2.50 bits per heavy atom. The Morgan fingerprint density at radius 1 is 1.25 bits per heavy atom. The minimum atomic E-state index is 0.804. The van der Waals surface area contributed by atoms with Crippen molar-refractivity contribution in [2.24, 2.45) is 17.6 Å². The Bertz CT molecular complexity index is 131. The number of hydrogen-bond acceptors (Lipinski definition) is 1. The highest BCUT2D eigenvalue weighted by molar-refractivity contribution is 4.78. The number of nitrogens with two attached hydrogens (primary N) is 1. The molecule has 2 atom stereocenters. The lowest BCUT2D eigenvalue weighted by Crippen LogP contribution is -2.26. The molecule has 2 unspecified atom stereocenters. The monoisotopic (exact) mass is 167 g/mol. The molecule has 0 spiro atoms. The second-order valence-electron chi connectivity index (χ2n) is 3.91. The second-order valence-corrected chi connectivity index (χ2v) is 3.91. The third-order valence-electron chi connectivity index (χ3n) is 3.11. The predicted octanol–water partition coefficient (Wildman–Crippen LogP) is 2.72. The summed E-state index contributed by atoms with van der Waals surface area (Å²) in [6.07, 6.45) is 10.1. The molecule has 0 radical (unpaired) electrons. The van der Waals surface area contributed by atoms with Gasteiger partial charge in [0.1, 0.15) is 0 Å². The molecule has 1 heteroatoms. The molecule has 1 aliphatic rings. The lowest BCUT2D eigenvalue weighted by molar-refractivity contribution is 0.231. The van der Waals surface area contributed by atoms with Gasteiger partial charge in [-0.15, -0.1) is 6.58 Å². The summed E-state index contributed by atoms with van der Waals surface area (Å²) in [5.74, 6) is 1.69. The van der Waals surface area contributed by atoms with E-state index in [2.05, 4.69) is 6.58 Å². The van der Waals surface area contributed by atoms with Crippen LogP contribution in [0.2, 0.25) is 0 Å². The van der Waals surface area contributed by atoms with Gasteiger partial charge < -0.3 is 5.73 Å². The molecule has 0 aromatic heterocycles. The van der Waals surface area contributed by atoms with Gasteiger partial charge in [-0.25, -0.2) is 0 Å². The van der Waals surface area contributed by atoms with Crippen LogP contribution in [0.3, 0.4) is 0 Å². The molecule has 1 aliphatic carbocycles. The van der Waals surface area contributed by atoms with Gasteiger partial charge in [0.05, 0.1) is 0 Å². The zero-order valence-electron chi connectivity index (χ0n) is 7.97. The first kappa shape index (κ1) is 9.79. The van der Waals surface area contributed by atoms with Gasteiger partial charge in [0.2, 0.25) is 0 Å². The Balaban J connectivity index is 2.30. The Hall–Kier alpha value is -0.300. The molecule has 70 valence electrons. The molecular formula is C11H21N. The fourth-order valence-electron chi connectivity index (χ4n) is 2.31. The van der Waals surface area contributed by atoms with Crippen molar-refractivity contribution >= 4 is 0 Å². The van der Waals surface area contributed by atoms with Crippen molar-refractivity contribution in [1.82, 2.24) is 0 Å². The van der Waals surface area contributed by atoms with Gasteiger partial charge in [0.25, 0.3) is 0 Å². The Morgan fingerprint density at radius 2 is 1.92 bits per heavy atom. The van der Waals surface area contributed by atoms with Crippen LogP contribution < -0.4 is 5.73 Å². The molecule has 1 saturated carbocycles. The third-order valence-corrected chi connectivity index (χ3v) is 3.11. The molecule has 1 nitrogen and oxygen atoms in total. The average Bonchev–Trinajstić information content (AvgIpc) is 2.15. The molecule has 0 aromatic rings. The van der Waals surface area contributed by atoms with Crippen LogP contribution in [0, 0.1) is 11.8 Å². The quantitative estimate of drug-likeness (QED) is 0.640. The van der Waals surface area contributed by atoms with Gasteiger partial charge in [-0.1, -0.05) is 25.3 Å². The molecule has 1 rings (SSSR count). The molecule has 0 saturated heterocycles. The maximum Gasteiger partial charge on any atom is -0.00462 e. The van der Waals surface area contributed by atoms with Gasteiger partial charge in [0, 0.05) is 0 Å². The highest BCUT2D eigenvalue weighted by Crippen LogP contribution is 2.32. The average molecular weight is 167 g/mol. The van der Waals surface area contributed by atoms with Crippen molar-refractivity contribution in [3.63, 3.8) is 0 Å². The van der Waals surface area contributed by atoms with E-state index in [0.29, 0.717) is 0 Å². The van der Waals surface area contributed by atoms with Crippen molar-refractivity contribution < 1.29 is 0 Å². The fourth-order valence-corrected chi connectivity index (χ4v) is 2.31. The summed E-state index contributed by atoms with van der Waals surface area (Å²) in [5.41, 5.74) is 5.74. The number of allylic oxidation sites excluding steroid dienone is 1. The van der Waals surface area contributed by atoms with Crippen molar-refractivity contribution in [2.45, 2.75) is 38.5 Å². The predicted molar refractivity (Wildman–Crippen MR) is 53.9 cm³/mol. The van der Waals surface area contributed by atoms with E-state index in [0.717, 1.165) is 18.4 Å². The summed E-state index contributed by atoms with van der Waals surface area (Å²) in [7, 11) is 0. The van der Waals surface area contributed by atoms with Crippen molar-refractivity contribution in [1.29, 1.82) is 0 Å². The smallest absolute Gasteiger partial charge is 0.00462 e. The van der Waals surface area contributed by atoms with Gasteiger partial charge in [0.15, 0.2) is 0 Å². The maximum absolute atomic E-state index is 5.74. The Kier molecular flexibility index (Phi) is 4.37. The summed E-state index contributed by atoms with van der Waals surface area (Å²) in [4.78, 5) is 0. The van der Waals surface area contributed by atoms with Crippen molar-refractivity contribution in [2.75, 3.05) is 6.54 Å². The van der Waals surface area contributed by atoms with Crippen LogP contribution in [0.5, 0.6) is 0 Å². The standard InChI is InChI=1S/C11H21N/c1-2-3-6-10-7-4-5-8-11(10)9-12/h2,10-11H,1,3-9,12H2.